The molecule has 14 heavy (non-hydrogen) atoms. The molecule has 0 spiro atoms. The fraction of sp³-hybridized carbons (Fsp3) is 0.125. The number of imidazole rings is 1. The number of rotatable bonds is 2. The molecule has 2 rings (SSSR count). The standard InChI is InChI=1S/C8H7N3O2S/c1-11-3-5(10-4-11)7-9-2-6(14-7)8(12)13/h2-4H,1H3,(H,12,13). The van der Waals surface area contributed by atoms with Crippen LogP contribution in [0.1, 0.15) is 9.67 Å². The number of carboxylic acid groups (broad SMARTS) is 1. The van der Waals surface area contributed by atoms with E-state index in [0.29, 0.717) is 10.7 Å². The van der Waals surface area contributed by atoms with E-state index in [2.05, 4.69) is 9.97 Å². The van der Waals surface area contributed by atoms with E-state index in [-0.39, 0.29) is 4.88 Å². The lowest BCUT2D eigenvalue weighted by atomic mass is 10.5. The van der Waals surface area contributed by atoms with E-state index in [9.17, 15) is 4.79 Å². The van der Waals surface area contributed by atoms with Crippen molar-refractivity contribution in [1.82, 2.24) is 14.5 Å². The van der Waals surface area contributed by atoms with E-state index in [1.807, 2.05) is 7.05 Å². The van der Waals surface area contributed by atoms with Crippen LogP contribution >= 0.6 is 11.3 Å². The van der Waals surface area contributed by atoms with Gasteiger partial charge in [0.1, 0.15) is 15.6 Å². The average Bonchev–Trinajstić information content (AvgIpc) is 2.70. The van der Waals surface area contributed by atoms with E-state index < -0.39 is 5.97 Å². The van der Waals surface area contributed by atoms with Crippen molar-refractivity contribution in [3.05, 3.63) is 23.6 Å². The fourth-order valence-electron chi connectivity index (χ4n) is 1.01. The summed E-state index contributed by atoms with van der Waals surface area (Å²) in [4.78, 5) is 18.9. The first-order chi connectivity index (χ1) is 6.66. The highest BCUT2D eigenvalue weighted by atomic mass is 32.1. The third kappa shape index (κ3) is 1.51. The highest BCUT2D eigenvalue weighted by Crippen LogP contribution is 2.22. The van der Waals surface area contributed by atoms with Gasteiger partial charge in [-0.05, 0) is 0 Å². The van der Waals surface area contributed by atoms with Crippen molar-refractivity contribution >= 4 is 17.3 Å². The summed E-state index contributed by atoms with van der Waals surface area (Å²) >= 11 is 1.12. The second-order valence-electron chi connectivity index (χ2n) is 2.76. The Kier molecular flexibility index (Phi) is 2.05. The van der Waals surface area contributed by atoms with E-state index in [4.69, 9.17) is 5.11 Å². The van der Waals surface area contributed by atoms with Crippen LogP contribution in [0.25, 0.3) is 10.7 Å². The number of aromatic nitrogens is 3. The minimum Gasteiger partial charge on any atom is -0.477 e. The minimum atomic E-state index is -0.954. The predicted molar refractivity (Wildman–Crippen MR) is 51.3 cm³/mol. The fourth-order valence-corrected chi connectivity index (χ4v) is 1.73. The summed E-state index contributed by atoms with van der Waals surface area (Å²) < 4.78 is 1.79. The molecule has 5 nitrogen and oxygen atoms in total. The van der Waals surface area contributed by atoms with Gasteiger partial charge in [0.15, 0.2) is 0 Å². The first-order valence-corrected chi connectivity index (χ1v) is 4.66. The van der Waals surface area contributed by atoms with Crippen molar-refractivity contribution in [3.63, 3.8) is 0 Å². The van der Waals surface area contributed by atoms with Gasteiger partial charge in [0.2, 0.25) is 0 Å². The Morgan fingerprint density at radius 1 is 1.57 bits per heavy atom. The van der Waals surface area contributed by atoms with Crippen LogP contribution in [0, 0.1) is 0 Å². The van der Waals surface area contributed by atoms with Crippen molar-refractivity contribution in [2.24, 2.45) is 7.05 Å². The molecule has 0 aromatic carbocycles. The van der Waals surface area contributed by atoms with Crippen LogP contribution in [0.15, 0.2) is 18.7 Å². The van der Waals surface area contributed by atoms with Gasteiger partial charge < -0.3 is 9.67 Å². The molecular weight excluding hydrogens is 202 g/mol. The molecule has 0 aliphatic heterocycles. The van der Waals surface area contributed by atoms with Crippen molar-refractivity contribution in [2.45, 2.75) is 0 Å². The molecule has 0 radical (unpaired) electrons. The Balaban J connectivity index is 2.38. The van der Waals surface area contributed by atoms with Crippen LogP contribution in [0.4, 0.5) is 0 Å². The monoisotopic (exact) mass is 209 g/mol. The first-order valence-electron chi connectivity index (χ1n) is 3.84. The molecule has 0 fully saturated rings. The third-order valence-corrected chi connectivity index (χ3v) is 2.65. The van der Waals surface area contributed by atoms with Gasteiger partial charge in [-0.2, -0.15) is 0 Å². The third-order valence-electron chi connectivity index (χ3n) is 1.64. The van der Waals surface area contributed by atoms with E-state index >= 15 is 0 Å². The van der Waals surface area contributed by atoms with Gasteiger partial charge in [-0.15, -0.1) is 11.3 Å². The van der Waals surface area contributed by atoms with Gasteiger partial charge in [-0.25, -0.2) is 14.8 Å². The van der Waals surface area contributed by atoms with Crippen LogP contribution < -0.4 is 0 Å². The molecule has 0 aliphatic rings. The smallest absolute Gasteiger partial charge is 0.347 e. The molecule has 2 aromatic heterocycles. The van der Waals surface area contributed by atoms with Crippen molar-refractivity contribution < 1.29 is 9.90 Å². The molecule has 0 amide bonds. The number of carboxylic acids is 1. The van der Waals surface area contributed by atoms with Crippen LogP contribution in [0.3, 0.4) is 0 Å². The van der Waals surface area contributed by atoms with Crippen molar-refractivity contribution in [3.8, 4) is 10.7 Å². The first kappa shape index (κ1) is 8.89. The Bertz CT molecular complexity index is 474. The molecule has 0 aliphatic carbocycles. The summed E-state index contributed by atoms with van der Waals surface area (Å²) in [6.07, 6.45) is 4.79. The second kappa shape index (κ2) is 3.22. The van der Waals surface area contributed by atoms with Crippen molar-refractivity contribution in [2.75, 3.05) is 0 Å². The summed E-state index contributed by atoms with van der Waals surface area (Å²) in [5.74, 6) is -0.954. The summed E-state index contributed by atoms with van der Waals surface area (Å²) in [7, 11) is 1.85. The van der Waals surface area contributed by atoms with Crippen LogP contribution in [0.2, 0.25) is 0 Å². The number of thiazole rings is 1. The zero-order chi connectivity index (χ0) is 10.1. The van der Waals surface area contributed by atoms with Crippen LogP contribution in [0.5, 0.6) is 0 Å². The maximum Gasteiger partial charge on any atom is 0.347 e. The molecule has 0 bridgehead atoms. The van der Waals surface area contributed by atoms with Crippen LogP contribution in [-0.2, 0) is 7.05 Å². The molecule has 72 valence electrons. The van der Waals surface area contributed by atoms with Gasteiger partial charge in [0.25, 0.3) is 0 Å². The molecular formula is C8H7N3O2S. The quantitative estimate of drug-likeness (QED) is 0.808. The van der Waals surface area contributed by atoms with Gasteiger partial charge in [-0.1, -0.05) is 0 Å². The second-order valence-corrected chi connectivity index (χ2v) is 3.79. The molecule has 2 aromatic rings. The summed E-state index contributed by atoms with van der Waals surface area (Å²) in [6.45, 7) is 0. The Labute approximate surface area is 83.7 Å². The maximum atomic E-state index is 10.6. The van der Waals surface area contributed by atoms with E-state index in [1.54, 1.807) is 17.1 Å². The average molecular weight is 209 g/mol. The molecule has 2 heterocycles. The van der Waals surface area contributed by atoms with Gasteiger partial charge in [0, 0.05) is 13.2 Å². The lowest BCUT2D eigenvalue weighted by Crippen LogP contribution is -1.89. The number of nitrogens with zero attached hydrogens (tertiary/aromatic N) is 3. The highest BCUT2D eigenvalue weighted by Gasteiger charge is 2.11. The van der Waals surface area contributed by atoms with Gasteiger partial charge in [-0.3, -0.25) is 0 Å². The van der Waals surface area contributed by atoms with E-state index in [1.165, 1.54) is 6.20 Å². The minimum absolute atomic E-state index is 0.227. The number of carbonyl (C=O) groups is 1. The largest absolute Gasteiger partial charge is 0.477 e. The topological polar surface area (TPSA) is 68.0 Å². The highest BCUT2D eigenvalue weighted by molar-refractivity contribution is 7.16. The lowest BCUT2D eigenvalue weighted by molar-refractivity contribution is 0.0702. The Hall–Kier alpha value is -1.69. The van der Waals surface area contributed by atoms with E-state index in [0.717, 1.165) is 11.3 Å². The molecule has 6 heteroatoms. The summed E-state index contributed by atoms with van der Waals surface area (Å²) in [5, 5.41) is 9.32. The summed E-state index contributed by atoms with van der Waals surface area (Å²) in [6, 6.07) is 0. The SMILES string of the molecule is Cn1cnc(-c2ncc(C(=O)O)s2)c1. The Morgan fingerprint density at radius 2 is 2.36 bits per heavy atom. The normalized spacial score (nSPS) is 10.4. The van der Waals surface area contributed by atoms with Gasteiger partial charge in [0.05, 0.1) is 12.5 Å². The molecule has 0 saturated heterocycles. The van der Waals surface area contributed by atoms with Crippen LogP contribution in [-0.4, -0.2) is 25.6 Å². The van der Waals surface area contributed by atoms with Gasteiger partial charge >= 0.3 is 5.97 Å². The number of hydrogen-bond acceptors (Lipinski definition) is 4. The van der Waals surface area contributed by atoms with Crippen molar-refractivity contribution in [1.29, 1.82) is 0 Å². The molecule has 0 saturated carbocycles. The zero-order valence-corrected chi connectivity index (χ0v) is 8.15. The Morgan fingerprint density at radius 3 is 2.86 bits per heavy atom. The summed E-state index contributed by atoms with van der Waals surface area (Å²) in [5.41, 5.74) is 0.699. The number of aryl methyl sites for hydroxylation is 1. The number of aromatic carboxylic acids is 1. The molecule has 0 unspecified atom stereocenters. The predicted octanol–water partition coefficient (Wildman–Crippen LogP) is 1.24. The zero-order valence-electron chi connectivity index (χ0n) is 7.34. The molecule has 0 atom stereocenters. The number of hydrogen-bond donors (Lipinski definition) is 1. The maximum absolute atomic E-state index is 10.6. The lowest BCUT2D eigenvalue weighted by Gasteiger charge is -1.85. The molecule has 1 N–H and O–H groups in total.